The molecule has 1 aromatic rings. The van der Waals surface area contributed by atoms with E-state index in [0.29, 0.717) is 6.54 Å². The Morgan fingerprint density at radius 2 is 2.05 bits per heavy atom. The summed E-state index contributed by atoms with van der Waals surface area (Å²) in [5, 5.41) is 10.8. The Kier molecular flexibility index (Phi) is 4.57. The minimum atomic E-state index is -1.06. The molecule has 1 heterocycles. The number of fused-ring (bicyclic) bond motifs is 1. The highest BCUT2D eigenvalue weighted by atomic mass is 16.4. The predicted molar refractivity (Wildman–Crippen MR) is 77.3 cm³/mol. The molecule has 0 unspecified atom stereocenters. The largest absolute Gasteiger partial charge is 0.481 e. The fourth-order valence-corrected chi connectivity index (χ4v) is 2.41. The summed E-state index contributed by atoms with van der Waals surface area (Å²) in [6.45, 7) is 2.54. The third-order valence-electron chi connectivity index (χ3n) is 3.41. The number of imide groups is 1. The second-order valence-electron chi connectivity index (χ2n) is 5.13. The number of anilines is 1. The third kappa shape index (κ3) is 3.81. The van der Waals surface area contributed by atoms with E-state index < -0.39 is 17.9 Å². The molecule has 112 valence electrons. The first kappa shape index (κ1) is 15.0. The lowest BCUT2D eigenvalue weighted by molar-refractivity contribution is -0.138. The van der Waals surface area contributed by atoms with Gasteiger partial charge in [0.2, 0.25) is 5.91 Å². The van der Waals surface area contributed by atoms with Crippen molar-refractivity contribution < 1.29 is 19.5 Å². The minimum absolute atomic E-state index is 0.199. The van der Waals surface area contributed by atoms with Gasteiger partial charge in [-0.15, -0.1) is 0 Å². The topological polar surface area (TPSA) is 86.7 Å². The van der Waals surface area contributed by atoms with Gasteiger partial charge in [-0.25, -0.2) is 4.79 Å². The average Bonchev–Trinajstić information content (AvgIpc) is 2.44. The van der Waals surface area contributed by atoms with Crippen LogP contribution in [0.1, 0.15) is 30.4 Å². The number of urea groups is 1. The van der Waals surface area contributed by atoms with Crippen LogP contribution in [0.3, 0.4) is 0 Å². The maximum absolute atomic E-state index is 12.1. The maximum atomic E-state index is 12.1. The fourth-order valence-electron chi connectivity index (χ4n) is 2.41. The smallest absolute Gasteiger partial charge is 0.328 e. The summed E-state index contributed by atoms with van der Waals surface area (Å²) >= 11 is 0. The zero-order chi connectivity index (χ0) is 15.4. The van der Waals surface area contributed by atoms with Crippen LogP contribution in [-0.2, 0) is 16.0 Å². The molecule has 0 saturated carbocycles. The lowest BCUT2D eigenvalue weighted by atomic mass is 10.00. The number of rotatable bonds is 3. The highest BCUT2D eigenvalue weighted by Crippen LogP contribution is 2.27. The Bertz CT molecular complexity index is 583. The van der Waals surface area contributed by atoms with Gasteiger partial charge in [0, 0.05) is 18.7 Å². The predicted octanol–water partition coefficient (Wildman–Crippen LogP) is 1.85. The molecule has 0 aliphatic carbocycles. The van der Waals surface area contributed by atoms with Gasteiger partial charge in [-0.3, -0.25) is 19.8 Å². The molecule has 1 aromatic carbocycles. The molecule has 2 N–H and O–H groups in total. The summed E-state index contributed by atoms with van der Waals surface area (Å²) in [6.07, 6.45) is 1.27. The van der Waals surface area contributed by atoms with Crippen molar-refractivity contribution in [2.24, 2.45) is 0 Å². The van der Waals surface area contributed by atoms with Gasteiger partial charge in [0.25, 0.3) is 0 Å². The van der Waals surface area contributed by atoms with Gasteiger partial charge in [-0.1, -0.05) is 17.7 Å². The monoisotopic (exact) mass is 290 g/mol. The van der Waals surface area contributed by atoms with E-state index in [2.05, 4.69) is 5.32 Å². The molecule has 0 aromatic heterocycles. The SMILES string of the molecule is Cc1ccc2c(c1)CCCN2C(=O)NC(=O)CCC(=O)O. The summed E-state index contributed by atoms with van der Waals surface area (Å²) in [5.74, 6) is -1.63. The van der Waals surface area contributed by atoms with Gasteiger partial charge in [0.15, 0.2) is 0 Å². The number of hydrogen-bond donors (Lipinski definition) is 2. The van der Waals surface area contributed by atoms with E-state index >= 15 is 0 Å². The van der Waals surface area contributed by atoms with Crippen LogP contribution in [0.5, 0.6) is 0 Å². The molecule has 1 aliphatic rings. The number of carboxylic acid groups (broad SMARTS) is 1. The summed E-state index contributed by atoms with van der Waals surface area (Å²) in [7, 11) is 0. The number of benzene rings is 1. The molecule has 0 fully saturated rings. The summed E-state index contributed by atoms with van der Waals surface area (Å²) in [5.41, 5.74) is 3.04. The number of hydrogen-bond acceptors (Lipinski definition) is 3. The molecule has 0 radical (unpaired) electrons. The number of nitrogens with one attached hydrogen (secondary N) is 1. The van der Waals surface area contributed by atoms with Crippen LogP contribution in [0.2, 0.25) is 0 Å². The Morgan fingerprint density at radius 1 is 1.29 bits per heavy atom. The van der Waals surface area contributed by atoms with Gasteiger partial charge in [0.05, 0.1) is 6.42 Å². The van der Waals surface area contributed by atoms with E-state index in [1.54, 1.807) is 0 Å². The molecule has 0 bridgehead atoms. The van der Waals surface area contributed by atoms with Crippen molar-refractivity contribution in [3.05, 3.63) is 29.3 Å². The van der Waals surface area contributed by atoms with Crippen molar-refractivity contribution in [3.8, 4) is 0 Å². The third-order valence-corrected chi connectivity index (χ3v) is 3.41. The van der Waals surface area contributed by atoms with Crippen molar-refractivity contribution in [2.75, 3.05) is 11.4 Å². The molecule has 6 nitrogen and oxygen atoms in total. The molecule has 0 saturated heterocycles. The highest BCUT2D eigenvalue weighted by molar-refractivity contribution is 6.03. The van der Waals surface area contributed by atoms with Crippen molar-refractivity contribution in [2.45, 2.75) is 32.6 Å². The fraction of sp³-hybridized carbons (Fsp3) is 0.400. The lowest BCUT2D eigenvalue weighted by Crippen LogP contribution is -2.45. The van der Waals surface area contributed by atoms with Gasteiger partial charge in [-0.2, -0.15) is 0 Å². The van der Waals surface area contributed by atoms with E-state index in [1.165, 1.54) is 4.90 Å². The van der Waals surface area contributed by atoms with E-state index in [1.807, 2.05) is 25.1 Å². The molecule has 6 heteroatoms. The quantitative estimate of drug-likeness (QED) is 0.889. The van der Waals surface area contributed by atoms with Crippen LogP contribution in [0.4, 0.5) is 10.5 Å². The molecule has 3 amide bonds. The lowest BCUT2D eigenvalue weighted by Gasteiger charge is -2.29. The first-order valence-electron chi connectivity index (χ1n) is 6.90. The molecule has 0 atom stereocenters. The van der Waals surface area contributed by atoms with Crippen LogP contribution < -0.4 is 10.2 Å². The van der Waals surface area contributed by atoms with Gasteiger partial charge in [-0.05, 0) is 31.4 Å². The van der Waals surface area contributed by atoms with Crippen LogP contribution in [-0.4, -0.2) is 29.6 Å². The Morgan fingerprint density at radius 3 is 2.76 bits per heavy atom. The number of amides is 3. The minimum Gasteiger partial charge on any atom is -0.481 e. The Labute approximate surface area is 122 Å². The van der Waals surface area contributed by atoms with Crippen LogP contribution in [0.15, 0.2) is 18.2 Å². The van der Waals surface area contributed by atoms with Crippen LogP contribution >= 0.6 is 0 Å². The molecular weight excluding hydrogens is 272 g/mol. The van der Waals surface area contributed by atoms with Crippen molar-refractivity contribution in [3.63, 3.8) is 0 Å². The molecule has 0 spiro atoms. The van der Waals surface area contributed by atoms with E-state index in [4.69, 9.17) is 5.11 Å². The van der Waals surface area contributed by atoms with Gasteiger partial charge >= 0.3 is 12.0 Å². The van der Waals surface area contributed by atoms with Crippen molar-refractivity contribution in [1.82, 2.24) is 5.32 Å². The zero-order valence-electron chi connectivity index (χ0n) is 11.9. The zero-order valence-corrected chi connectivity index (χ0v) is 11.9. The summed E-state index contributed by atoms with van der Waals surface area (Å²) < 4.78 is 0. The van der Waals surface area contributed by atoms with Crippen molar-refractivity contribution in [1.29, 1.82) is 0 Å². The number of nitrogens with zero attached hydrogens (tertiary/aromatic N) is 1. The highest BCUT2D eigenvalue weighted by Gasteiger charge is 2.23. The van der Waals surface area contributed by atoms with Crippen molar-refractivity contribution >= 4 is 23.6 Å². The number of aliphatic carboxylic acids is 1. The molecule has 1 aliphatic heterocycles. The van der Waals surface area contributed by atoms with Crippen LogP contribution in [0, 0.1) is 6.92 Å². The molecule has 2 rings (SSSR count). The van der Waals surface area contributed by atoms with E-state index in [0.717, 1.165) is 29.7 Å². The van der Waals surface area contributed by atoms with Gasteiger partial charge in [0.1, 0.15) is 0 Å². The Balaban J connectivity index is 2.04. The number of carbonyl (C=O) groups is 3. The van der Waals surface area contributed by atoms with E-state index in [9.17, 15) is 14.4 Å². The molecule has 21 heavy (non-hydrogen) atoms. The second kappa shape index (κ2) is 6.39. The van der Waals surface area contributed by atoms with Crippen LogP contribution in [0.25, 0.3) is 0 Å². The maximum Gasteiger partial charge on any atom is 0.328 e. The normalized spacial score (nSPS) is 13.5. The van der Waals surface area contributed by atoms with Gasteiger partial charge < -0.3 is 5.11 Å². The summed E-state index contributed by atoms with van der Waals surface area (Å²) in [6, 6.07) is 5.36. The summed E-state index contributed by atoms with van der Waals surface area (Å²) in [4.78, 5) is 35.6. The average molecular weight is 290 g/mol. The number of aryl methyl sites for hydroxylation is 2. The number of carboxylic acids is 1. The first-order chi connectivity index (χ1) is 9.97. The van der Waals surface area contributed by atoms with E-state index in [-0.39, 0.29) is 12.8 Å². The first-order valence-corrected chi connectivity index (χ1v) is 6.90. The standard InChI is InChI=1S/C15H18N2O4/c1-10-4-5-12-11(9-10)3-2-8-17(12)15(21)16-13(18)6-7-14(19)20/h4-5,9H,2-3,6-8H2,1H3,(H,19,20)(H,16,18,21). The molecular formula is C15H18N2O4. The Hall–Kier alpha value is -2.37. The second-order valence-corrected chi connectivity index (χ2v) is 5.13. The number of carbonyl (C=O) groups excluding carboxylic acids is 2.